The van der Waals surface area contributed by atoms with Crippen molar-refractivity contribution in [2.24, 2.45) is 0 Å². The summed E-state index contributed by atoms with van der Waals surface area (Å²) in [6.07, 6.45) is 5.36. The summed E-state index contributed by atoms with van der Waals surface area (Å²) in [4.78, 5) is 72.1. The second-order valence-electron chi connectivity index (χ2n) is 14.9. The van der Waals surface area contributed by atoms with Crippen LogP contribution in [0.15, 0.2) is 122 Å². The molecule has 4 heterocycles. The molecule has 2 saturated heterocycles. The smallest absolute Gasteiger partial charge is 0.407 e. The van der Waals surface area contributed by atoms with Crippen LogP contribution in [0.3, 0.4) is 0 Å². The number of rotatable bonds is 11. The first-order valence-electron chi connectivity index (χ1n) is 20.0. The van der Waals surface area contributed by atoms with E-state index in [4.69, 9.17) is 19.4 Å². The predicted octanol–water partition coefficient (Wildman–Crippen LogP) is 7.66. The molecule has 2 aliphatic heterocycles. The van der Waals surface area contributed by atoms with Crippen molar-refractivity contribution in [1.82, 2.24) is 40.4 Å². The second-order valence-corrected chi connectivity index (χ2v) is 14.9. The summed E-state index contributed by atoms with van der Waals surface area (Å²) in [6, 6.07) is 32.5. The molecule has 14 nitrogen and oxygen atoms in total. The number of aromatic amines is 2. The number of methoxy groups -OCH3 is 2. The fourth-order valence-corrected chi connectivity index (χ4v) is 8.17. The average molecular weight is 807 g/mol. The molecule has 6 aromatic rings. The molecule has 2 fully saturated rings. The van der Waals surface area contributed by atoms with Gasteiger partial charge in [-0.3, -0.25) is 9.59 Å². The summed E-state index contributed by atoms with van der Waals surface area (Å²) >= 11 is 0. The van der Waals surface area contributed by atoms with Crippen LogP contribution in [0.5, 0.6) is 0 Å². The van der Waals surface area contributed by atoms with Crippen molar-refractivity contribution in [2.75, 3.05) is 27.3 Å². The largest absolute Gasteiger partial charge is 0.453 e. The van der Waals surface area contributed by atoms with Gasteiger partial charge >= 0.3 is 12.2 Å². The number of hydrogen-bond acceptors (Lipinski definition) is 8. The minimum Gasteiger partial charge on any atom is -0.453 e. The number of carbonyl (C=O) groups is 4. The maximum atomic E-state index is 13.9. The van der Waals surface area contributed by atoms with Crippen molar-refractivity contribution in [3.63, 3.8) is 0 Å². The van der Waals surface area contributed by atoms with E-state index in [0.717, 1.165) is 59.3 Å². The number of nitrogens with zero attached hydrogens (tertiary/aromatic N) is 4. The maximum Gasteiger partial charge on any atom is 0.407 e. The summed E-state index contributed by atoms with van der Waals surface area (Å²) in [5.74, 6) is 0.959. The van der Waals surface area contributed by atoms with E-state index in [0.29, 0.717) is 35.9 Å². The number of imidazole rings is 2. The Morgan fingerprint density at radius 3 is 1.30 bits per heavy atom. The van der Waals surface area contributed by atoms with Crippen molar-refractivity contribution in [3.8, 4) is 33.6 Å². The van der Waals surface area contributed by atoms with Crippen molar-refractivity contribution >= 4 is 24.0 Å². The summed E-state index contributed by atoms with van der Waals surface area (Å²) in [5, 5.41) is 5.42. The molecule has 0 radical (unpaired) electrons. The van der Waals surface area contributed by atoms with E-state index >= 15 is 0 Å². The molecule has 306 valence electrons. The Balaban J connectivity index is 0.928. The Bertz CT molecular complexity index is 2260. The van der Waals surface area contributed by atoms with Gasteiger partial charge in [0.05, 0.1) is 50.1 Å². The summed E-state index contributed by atoms with van der Waals surface area (Å²) < 4.78 is 9.65. The van der Waals surface area contributed by atoms with Crippen molar-refractivity contribution in [3.05, 3.63) is 144 Å². The minimum absolute atomic E-state index is 0.216. The van der Waals surface area contributed by atoms with Gasteiger partial charge in [0.25, 0.3) is 11.8 Å². The topological polar surface area (TPSA) is 175 Å². The number of nitrogens with one attached hydrogen (secondary N) is 4. The summed E-state index contributed by atoms with van der Waals surface area (Å²) in [6.45, 7) is 1.10. The van der Waals surface area contributed by atoms with Gasteiger partial charge in [0, 0.05) is 13.1 Å². The Hall–Kier alpha value is -7.22. The molecule has 4 N–H and O–H groups in total. The van der Waals surface area contributed by atoms with Crippen LogP contribution >= 0.6 is 0 Å². The van der Waals surface area contributed by atoms with Gasteiger partial charge in [0.1, 0.15) is 23.7 Å². The van der Waals surface area contributed by atoms with Gasteiger partial charge in [-0.2, -0.15) is 0 Å². The minimum atomic E-state index is -0.884. The van der Waals surface area contributed by atoms with Gasteiger partial charge in [0.2, 0.25) is 0 Å². The van der Waals surface area contributed by atoms with Crippen molar-refractivity contribution < 1.29 is 28.7 Å². The van der Waals surface area contributed by atoms with E-state index < -0.39 is 24.3 Å². The van der Waals surface area contributed by atoms with E-state index in [9.17, 15) is 19.2 Å². The number of amides is 4. The zero-order valence-electron chi connectivity index (χ0n) is 33.3. The van der Waals surface area contributed by atoms with Gasteiger partial charge in [-0.1, -0.05) is 109 Å². The Kier molecular flexibility index (Phi) is 11.7. The van der Waals surface area contributed by atoms with Gasteiger partial charge in [-0.05, 0) is 59.1 Å². The van der Waals surface area contributed by atoms with Crippen molar-refractivity contribution in [2.45, 2.75) is 49.9 Å². The molecule has 2 aromatic heterocycles. The molecule has 14 heteroatoms. The highest BCUT2D eigenvalue weighted by Gasteiger charge is 2.38. The number of carbonyl (C=O) groups excluding carboxylic acids is 4. The quantitative estimate of drug-likeness (QED) is 0.103. The van der Waals surface area contributed by atoms with Gasteiger partial charge in [-0.25, -0.2) is 19.6 Å². The number of hydrogen-bond donors (Lipinski definition) is 4. The molecule has 0 spiro atoms. The van der Waals surface area contributed by atoms with Crippen LogP contribution in [0.25, 0.3) is 33.6 Å². The third-order valence-electron chi connectivity index (χ3n) is 11.3. The molecule has 2 aliphatic rings. The first kappa shape index (κ1) is 39.6. The normalized spacial score (nSPS) is 17.2. The number of H-pyrrole nitrogens is 2. The molecule has 4 aromatic carbocycles. The zero-order valence-corrected chi connectivity index (χ0v) is 33.3. The molecule has 0 saturated carbocycles. The van der Waals surface area contributed by atoms with Crippen LogP contribution in [0.2, 0.25) is 0 Å². The highest BCUT2D eigenvalue weighted by atomic mass is 16.5. The number of aromatic nitrogens is 4. The van der Waals surface area contributed by atoms with Crippen LogP contribution in [0.1, 0.15) is 72.6 Å². The Labute approximate surface area is 347 Å². The lowest BCUT2D eigenvalue weighted by Crippen LogP contribution is -2.42. The van der Waals surface area contributed by atoms with E-state index in [-0.39, 0.29) is 23.9 Å². The number of ether oxygens (including phenoxy) is 2. The lowest BCUT2D eigenvalue weighted by atomic mass is 10.0. The monoisotopic (exact) mass is 806 g/mol. The van der Waals surface area contributed by atoms with E-state index in [1.165, 1.54) is 14.2 Å². The third kappa shape index (κ3) is 8.35. The van der Waals surface area contributed by atoms with Crippen LogP contribution in [-0.2, 0) is 19.1 Å². The predicted molar refractivity (Wildman–Crippen MR) is 224 cm³/mol. The fraction of sp³-hybridized carbons (Fsp3) is 0.261. The lowest BCUT2D eigenvalue weighted by molar-refractivity contribution is -0.135. The highest BCUT2D eigenvalue weighted by molar-refractivity contribution is 5.88. The SMILES string of the molecule is COC(=O)N[C@@H](C(=O)N1CCCC1c1ncc(-c2ccc(-c3ccc(-c4cnc([C@@H]5CCCN5C(=O)[C@H](NC(=O)OC)c5ccccc5)[nH]4)cc3)cc2)[nH]1)c1ccccc1. The van der Waals surface area contributed by atoms with Crippen LogP contribution in [0, 0.1) is 0 Å². The average Bonchev–Trinajstić information content (AvgIpc) is 4.15. The zero-order chi connectivity index (χ0) is 41.6. The van der Waals surface area contributed by atoms with Crippen LogP contribution in [0.4, 0.5) is 9.59 Å². The number of alkyl carbamates (subject to hydrolysis) is 2. The molecule has 60 heavy (non-hydrogen) atoms. The van der Waals surface area contributed by atoms with Gasteiger partial charge in [0.15, 0.2) is 0 Å². The third-order valence-corrected chi connectivity index (χ3v) is 11.3. The molecule has 8 rings (SSSR count). The van der Waals surface area contributed by atoms with Crippen LogP contribution < -0.4 is 10.6 Å². The van der Waals surface area contributed by atoms with Crippen molar-refractivity contribution in [1.29, 1.82) is 0 Å². The highest BCUT2D eigenvalue weighted by Crippen LogP contribution is 2.36. The molecular formula is C46H46N8O6. The second kappa shape index (κ2) is 17.7. The van der Waals surface area contributed by atoms with Crippen LogP contribution in [-0.4, -0.2) is 81.0 Å². The summed E-state index contributed by atoms with van der Waals surface area (Å²) in [5.41, 5.74) is 7.03. The van der Waals surface area contributed by atoms with E-state index in [2.05, 4.69) is 44.9 Å². The summed E-state index contributed by atoms with van der Waals surface area (Å²) in [7, 11) is 2.56. The van der Waals surface area contributed by atoms with E-state index in [1.54, 1.807) is 22.2 Å². The van der Waals surface area contributed by atoms with E-state index in [1.807, 2.05) is 84.9 Å². The molecule has 0 bridgehead atoms. The lowest BCUT2D eigenvalue weighted by Gasteiger charge is -2.28. The number of likely N-dealkylation sites (tertiary alicyclic amines) is 2. The first-order chi connectivity index (χ1) is 29.3. The standard InChI is InChI=1S/C46H46N8O6/c1-59-45(57)51-39(33-11-5-3-6-12-33)43(55)53-25-9-15-37(53)41-47-27-35(49-41)31-21-17-29(18-22-31)30-19-23-32(24-20-30)36-28-48-42(50-36)38-16-10-26-54(38)44(56)40(52-46(58)60-2)34-13-7-4-8-14-34/h3-8,11-14,17-24,27-28,37-40H,9-10,15-16,25-26H2,1-2H3,(H,47,49)(H,48,50)(H,51,57)(H,52,58)/t37-,38?,39+,40+/m0/s1. The molecular weight excluding hydrogens is 761 g/mol. The first-order valence-corrected chi connectivity index (χ1v) is 20.0. The molecule has 4 amide bonds. The maximum absolute atomic E-state index is 13.9. The Morgan fingerprint density at radius 1 is 0.567 bits per heavy atom. The molecule has 0 aliphatic carbocycles. The molecule has 1 unspecified atom stereocenters. The Morgan fingerprint density at radius 2 is 0.933 bits per heavy atom. The fourth-order valence-electron chi connectivity index (χ4n) is 8.17. The van der Waals surface area contributed by atoms with Gasteiger partial charge in [-0.15, -0.1) is 0 Å². The van der Waals surface area contributed by atoms with Gasteiger partial charge < -0.3 is 39.9 Å². The molecule has 4 atom stereocenters. The number of benzene rings is 4.